The fourth-order valence-electron chi connectivity index (χ4n) is 2.02. The molecule has 0 amide bonds. The van der Waals surface area contributed by atoms with Crippen LogP contribution in [-0.4, -0.2) is 13.7 Å². The summed E-state index contributed by atoms with van der Waals surface area (Å²) in [5.41, 5.74) is 6.72. The van der Waals surface area contributed by atoms with Gasteiger partial charge >= 0.3 is 0 Å². The third-order valence-corrected chi connectivity index (χ3v) is 5.54. The third kappa shape index (κ3) is 2.73. The Labute approximate surface area is 118 Å². The van der Waals surface area contributed by atoms with Gasteiger partial charge < -0.3 is 5.73 Å². The van der Waals surface area contributed by atoms with E-state index in [0.717, 1.165) is 6.07 Å². The highest BCUT2D eigenvalue weighted by atomic mass is 32.2. The van der Waals surface area contributed by atoms with Crippen LogP contribution in [0.4, 0.5) is 4.39 Å². The third-order valence-electron chi connectivity index (χ3n) is 3.32. The summed E-state index contributed by atoms with van der Waals surface area (Å²) in [6.07, 6.45) is 0. The van der Waals surface area contributed by atoms with Crippen molar-refractivity contribution in [3.63, 3.8) is 0 Å². The van der Waals surface area contributed by atoms with Gasteiger partial charge in [0.25, 0.3) is 0 Å². The van der Waals surface area contributed by atoms with E-state index in [-0.39, 0.29) is 4.90 Å². The number of benzene rings is 2. The van der Waals surface area contributed by atoms with Crippen molar-refractivity contribution >= 4 is 9.84 Å². The van der Waals surface area contributed by atoms with Crippen molar-refractivity contribution in [1.82, 2.24) is 0 Å². The number of hydrogen-bond acceptors (Lipinski definition) is 3. The van der Waals surface area contributed by atoms with Gasteiger partial charge in [-0.25, -0.2) is 12.8 Å². The maximum atomic E-state index is 13.7. The first-order valence-corrected chi connectivity index (χ1v) is 7.78. The van der Waals surface area contributed by atoms with Gasteiger partial charge in [0.05, 0.1) is 5.25 Å². The minimum atomic E-state index is -3.82. The van der Waals surface area contributed by atoms with Gasteiger partial charge in [-0.15, -0.1) is 0 Å². The molecule has 0 saturated heterocycles. The Morgan fingerprint density at radius 3 is 2.15 bits per heavy atom. The lowest BCUT2D eigenvalue weighted by Gasteiger charge is -2.21. The van der Waals surface area contributed by atoms with Crippen molar-refractivity contribution < 1.29 is 12.8 Å². The van der Waals surface area contributed by atoms with Crippen LogP contribution in [0.3, 0.4) is 0 Å². The van der Waals surface area contributed by atoms with Crippen molar-refractivity contribution in [2.24, 2.45) is 5.73 Å². The first-order valence-electron chi connectivity index (χ1n) is 6.23. The molecule has 0 aliphatic rings. The van der Waals surface area contributed by atoms with Crippen molar-refractivity contribution in [3.05, 3.63) is 66.0 Å². The van der Waals surface area contributed by atoms with Crippen molar-refractivity contribution in [2.75, 3.05) is 0 Å². The average molecular weight is 293 g/mol. The van der Waals surface area contributed by atoms with Gasteiger partial charge in [0.1, 0.15) is 10.7 Å². The van der Waals surface area contributed by atoms with Gasteiger partial charge in [0.15, 0.2) is 9.84 Å². The average Bonchev–Trinajstić information content (AvgIpc) is 2.47. The van der Waals surface area contributed by atoms with Crippen LogP contribution >= 0.6 is 0 Å². The molecular weight excluding hydrogens is 277 g/mol. The van der Waals surface area contributed by atoms with Crippen LogP contribution in [0.2, 0.25) is 0 Å². The predicted octanol–water partition coefficient (Wildman–Crippen LogP) is 2.69. The first kappa shape index (κ1) is 14.7. The summed E-state index contributed by atoms with van der Waals surface area (Å²) in [5, 5.41) is -0.915. The molecule has 0 aromatic heterocycles. The Morgan fingerprint density at radius 2 is 1.55 bits per heavy atom. The molecule has 0 bridgehead atoms. The van der Waals surface area contributed by atoms with Crippen LogP contribution in [0.25, 0.3) is 0 Å². The summed E-state index contributed by atoms with van der Waals surface area (Å²) in [5.74, 6) is -0.750. The van der Waals surface area contributed by atoms with E-state index in [0.29, 0.717) is 5.56 Å². The molecule has 0 fully saturated rings. The van der Waals surface area contributed by atoms with Crippen LogP contribution in [0.1, 0.15) is 18.5 Å². The lowest BCUT2D eigenvalue weighted by atomic mass is 10.1. The normalized spacial score (nSPS) is 14.8. The Kier molecular flexibility index (Phi) is 4.20. The van der Waals surface area contributed by atoms with Crippen LogP contribution in [0.5, 0.6) is 0 Å². The van der Waals surface area contributed by atoms with Gasteiger partial charge in [-0.3, -0.25) is 0 Å². The number of nitrogens with two attached hydrogens (primary N) is 1. The summed E-state index contributed by atoms with van der Waals surface area (Å²) in [6.45, 7) is 1.50. The summed E-state index contributed by atoms with van der Waals surface area (Å²) in [6, 6.07) is 13.6. The van der Waals surface area contributed by atoms with Gasteiger partial charge in [0.2, 0.25) is 0 Å². The van der Waals surface area contributed by atoms with E-state index >= 15 is 0 Å². The summed E-state index contributed by atoms with van der Waals surface area (Å²) in [7, 11) is -3.82. The van der Waals surface area contributed by atoms with E-state index in [4.69, 9.17) is 5.73 Å². The molecule has 0 aliphatic heterocycles. The second-order valence-electron chi connectivity index (χ2n) is 4.62. The summed E-state index contributed by atoms with van der Waals surface area (Å²) in [4.78, 5) is -0.307. The molecule has 0 spiro atoms. The topological polar surface area (TPSA) is 60.2 Å². The van der Waals surface area contributed by atoms with Crippen LogP contribution in [0.15, 0.2) is 59.5 Å². The molecule has 0 heterocycles. The highest BCUT2D eigenvalue weighted by Gasteiger charge is 2.31. The monoisotopic (exact) mass is 293 g/mol. The molecule has 0 saturated carbocycles. The molecule has 2 aromatic carbocycles. The maximum Gasteiger partial charge on any atom is 0.185 e. The Bertz CT molecular complexity index is 686. The molecular formula is C15H16FNO2S. The number of hydrogen-bond donors (Lipinski definition) is 1. The van der Waals surface area contributed by atoms with E-state index in [2.05, 4.69) is 0 Å². The molecule has 2 N–H and O–H groups in total. The van der Waals surface area contributed by atoms with E-state index < -0.39 is 26.9 Å². The van der Waals surface area contributed by atoms with E-state index in [1.165, 1.54) is 25.1 Å². The SMILES string of the molecule is CC(C(N)c1ccccc1)S(=O)(=O)c1ccccc1F. The highest BCUT2D eigenvalue weighted by molar-refractivity contribution is 7.92. The molecule has 2 unspecified atom stereocenters. The van der Waals surface area contributed by atoms with Crippen molar-refractivity contribution in [3.8, 4) is 0 Å². The zero-order valence-electron chi connectivity index (χ0n) is 11.0. The van der Waals surface area contributed by atoms with Crippen molar-refractivity contribution in [2.45, 2.75) is 23.1 Å². The fraction of sp³-hybridized carbons (Fsp3) is 0.200. The standard InChI is InChI=1S/C15H16FNO2S/c1-11(15(17)12-7-3-2-4-8-12)20(18,19)14-10-6-5-9-13(14)16/h2-11,15H,17H2,1H3. The highest BCUT2D eigenvalue weighted by Crippen LogP contribution is 2.26. The van der Waals surface area contributed by atoms with Gasteiger partial charge in [-0.05, 0) is 24.6 Å². The van der Waals surface area contributed by atoms with Crippen LogP contribution < -0.4 is 5.73 Å². The zero-order valence-corrected chi connectivity index (χ0v) is 11.8. The maximum absolute atomic E-state index is 13.7. The molecule has 2 aromatic rings. The minimum absolute atomic E-state index is 0.307. The van der Waals surface area contributed by atoms with Gasteiger partial charge in [0, 0.05) is 6.04 Å². The zero-order chi connectivity index (χ0) is 14.8. The van der Waals surface area contributed by atoms with E-state index in [1.54, 1.807) is 24.3 Å². The Hall–Kier alpha value is -1.72. The smallest absolute Gasteiger partial charge is 0.185 e. The minimum Gasteiger partial charge on any atom is -0.323 e. The largest absolute Gasteiger partial charge is 0.323 e. The molecule has 20 heavy (non-hydrogen) atoms. The first-order chi connectivity index (χ1) is 9.44. The Morgan fingerprint density at radius 1 is 1.00 bits per heavy atom. The van der Waals surface area contributed by atoms with Crippen LogP contribution in [0, 0.1) is 5.82 Å². The fourth-order valence-corrected chi connectivity index (χ4v) is 3.57. The number of rotatable bonds is 4. The Balaban J connectivity index is 2.38. The molecule has 3 nitrogen and oxygen atoms in total. The molecule has 106 valence electrons. The quantitative estimate of drug-likeness (QED) is 0.942. The summed E-state index contributed by atoms with van der Waals surface area (Å²) < 4.78 is 38.6. The molecule has 0 aliphatic carbocycles. The lowest BCUT2D eigenvalue weighted by Crippen LogP contribution is -2.31. The predicted molar refractivity (Wildman–Crippen MR) is 76.4 cm³/mol. The van der Waals surface area contributed by atoms with Crippen molar-refractivity contribution in [1.29, 1.82) is 0 Å². The molecule has 2 atom stereocenters. The molecule has 2 rings (SSSR count). The van der Waals surface area contributed by atoms with Gasteiger partial charge in [-0.1, -0.05) is 42.5 Å². The second kappa shape index (κ2) is 5.73. The molecule has 0 radical (unpaired) electrons. The van der Waals surface area contributed by atoms with Crippen LogP contribution in [-0.2, 0) is 9.84 Å². The number of halogens is 1. The number of sulfone groups is 1. The lowest BCUT2D eigenvalue weighted by molar-refractivity contribution is 0.546. The van der Waals surface area contributed by atoms with Gasteiger partial charge in [-0.2, -0.15) is 0 Å². The second-order valence-corrected chi connectivity index (χ2v) is 6.89. The van der Waals surface area contributed by atoms with E-state index in [9.17, 15) is 12.8 Å². The molecule has 5 heteroatoms. The summed E-state index contributed by atoms with van der Waals surface area (Å²) >= 11 is 0. The van der Waals surface area contributed by atoms with E-state index in [1.807, 2.05) is 6.07 Å².